The van der Waals surface area contributed by atoms with Gasteiger partial charge in [-0.2, -0.15) is 13.2 Å². The second kappa shape index (κ2) is 8.09. The second-order valence-corrected chi connectivity index (χ2v) is 6.20. The highest BCUT2D eigenvalue weighted by molar-refractivity contribution is 5.81. The van der Waals surface area contributed by atoms with Crippen LogP contribution in [0.1, 0.15) is 23.4 Å². The van der Waals surface area contributed by atoms with E-state index in [4.69, 9.17) is 11.0 Å². The lowest BCUT2D eigenvalue weighted by molar-refractivity contribution is -0.137. The fourth-order valence-electron chi connectivity index (χ4n) is 2.69. The standard InChI is InChI=1S/C21H15F3N2O2/c1-25-17-7-5-15(6-8-17)19-13-28-20(26-19)10-9-18(27)12-14-3-2-4-16(11-14)21(22,23)24/h2-8,11,13H,9-10,12H2. The van der Waals surface area contributed by atoms with E-state index in [1.807, 2.05) is 0 Å². The van der Waals surface area contributed by atoms with Crippen LogP contribution in [0.25, 0.3) is 16.1 Å². The van der Waals surface area contributed by atoms with Crippen molar-refractivity contribution in [2.24, 2.45) is 0 Å². The Hall–Kier alpha value is -3.40. The van der Waals surface area contributed by atoms with Crippen LogP contribution in [0.2, 0.25) is 0 Å². The lowest BCUT2D eigenvalue weighted by atomic mass is 10.0. The molecular formula is C21H15F3N2O2. The Bertz CT molecular complexity index is 1020. The summed E-state index contributed by atoms with van der Waals surface area (Å²) in [4.78, 5) is 19.8. The van der Waals surface area contributed by atoms with Crippen LogP contribution in [-0.4, -0.2) is 10.8 Å². The van der Waals surface area contributed by atoms with E-state index in [0.29, 0.717) is 22.8 Å². The average molecular weight is 384 g/mol. The minimum absolute atomic E-state index is 0.0738. The first-order valence-corrected chi connectivity index (χ1v) is 8.45. The molecule has 0 atom stereocenters. The molecule has 1 heterocycles. The Morgan fingerprint density at radius 2 is 1.89 bits per heavy atom. The number of aryl methyl sites for hydroxylation is 1. The number of Topliss-reactive ketones (excluding diaryl/α,β-unsaturated/α-hetero) is 1. The summed E-state index contributed by atoms with van der Waals surface area (Å²) in [5.41, 5.74) is 1.47. The molecule has 28 heavy (non-hydrogen) atoms. The van der Waals surface area contributed by atoms with Crippen molar-refractivity contribution >= 4 is 11.5 Å². The van der Waals surface area contributed by atoms with E-state index in [1.165, 1.54) is 18.4 Å². The maximum atomic E-state index is 12.7. The van der Waals surface area contributed by atoms with E-state index in [0.717, 1.165) is 17.7 Å². The van der Waals surface area contributed by atoms with E-state index >= 15 is 0 Å². The third-order valence-corrected chi connectivity index (χ3v) is 4.12. The van der Waals surface area contributed by atoms with Crippen molar-refractivity contribution in [3.8, 4) is 11.3 Å². The lowest BCUT2D eigenvalue weighted by Gasteiger charge is -2.08. The predicted octanol–water partition coefficient (Wildman–Crippen LogP) is 5.66. The highest BCUT2D eigenvalue weighted by atomic mass is 19.4. The van der Waals surface area contributed by atoms with Crippen LogP contribution < -0.4 is 0 Å². The maximum Gasteiger partial charge on any atom is 0.416 e. The Labute approximate surface area is 159 Å². The van der Waals surface area contributed by atoms with Gasteiger partial charge in [0.25, 0.3) is 0 Å². The molecule has 0 N–H and O–H groups in total. The van der Waals surface area contributed by atoms with Gasteiger partial charge in [-0.1, -0.05) is 42.5 Å². The van der Waals surface area contributed by atoms with E-state index < -0.39 is 11.7 Å². The molecule has 4 nitrogen and oxygen atoms in total. The van der Waals surface area contributed by atoms with Gasteiger partial charge in [0.05, 0.1) is 12.1 Å². The van der Waals surface area contributed by atoms with Gasteiger partial charge in [-0.05, 0) is 11.6 Å². The van der Waals surface area contributed by atoms with Crippen molar-refractivity contribution in [3.05, 3.63) is 83.2 Å². The number of alkyl halides is 3. The number of aromatic nitrogens is 1. The number of halogens is 3. The normalized spacial score (nSPS) is 11.2. The molecule has 3 rings (SSSR count). The number of hydrogen-bond donors (Lipinski definition) is 0. The Balaban J connectivity index is 1.58. The van der Waals surface area contributed by atoms with Gasteiger partial charge in [0.15, 0.2) is 11.6 Å². The van der Waals surface area contributed by atoms with Gasteiger partial charge >= 0.3 is 6.18 Å². The predicted molar refractivity (Wildman–Crippen MR) is 96.7 cm³/mol. The molecule has 0 spiro atoms. The number of nitrogens with zero attached hydrogens (tertiary/aromatic N) is 2. The number of carbonyl (C=O) groups excluding carboxylic acids is 1. The first kappa shape index (κ1) is 19.4. The third-order valence-electron chi connectivity index (χ3n) is 4.12. The molecule has 0 saturated carbocycles. The lowest BCUT2D eigenvalue weighted by Crippen LogP contribution is -2.08. The van der Waals surface area contributed by atoms with Crippen LogP contribution >= 0.6 is 0 Å². The van der Waals surface area contributed by atoms with Gasteiger partial charge in [-0.25, -0.2) is 9.83 Å². The van der Waals surface area contributed by atoms with Gasteiger partial charge in [0.2, 0.25) is 0 Å². The smallest absolute Gasteiger partial charge is 0.416 e. The van der Waals surface area contributed by atoms with Crippen LogP contribution in [0, 0.1) is 6.57 Å². The fourth-order valence-corrected chi connectivity index (χ4v) is 2.69. The molecule has 1 aromatic heterocycles. The van der Waals surface area contributed by atoms with Crippen molar-refractivity contribution < 1.29 is 22.4 Å². The molecule has 0 unspecified atom stereocenters. The van der Waals surface area contributed by atoms with Gasteiger partial charge in [-0.3, -0.25) is 4.79 Å². The van der Waals surface area contributed by atoms with Crippen LogP contribution in [0.4, 0.5) is 18.9 Å². The topological polar surface area (TPSA) is 47.5 Å². The van der Waals surface area contributed by atoms with E-state index in [-0.39, 0.29) is 25.0 Å². The molecule has 0 amide bonds. The monoisotopic (exact) mass is 384 g/mol. The largest absolute Gasteiger partial charge is 0.448 e. The number of rotatable bonds is 6. The molecule has 0 aliphatic heterocycles. The van der Waals surface area contributed by atoms with Crippen molar-refractivity contribution in [1.29, 1.82) is 0 Å². The van der Waals surface area contributed by atoms with Gasteiger partial charge < -0.3 is 4.42 Å². The van der Waals surface area contributed by atoms with Crippen LogP contribution in [0.5, 0.6) is 0 Å². The summed E-state index contributed by atoms with van der Waals surface area (Å²) in [6.45, 7) is 6.94. The molecule has 0 saturated heterocycles. The summed E-state index contributed by atoms with van der Waals surface area (Å²) in [5, 5.41) is 0. The van der Waals surface area contributed by atoms with Gasteiger partial charge in [-0.15, -0.1) is 0 Å². The molecule has 142 valence electrons. The number of benzene rings is 2. The first-order chi connectivity index (χ1) is 13.3. The number of hydrogen-bond acceptors (Lipinski definition) is 3. The summed E-state index contributed by atoms with van der Waals surface area (Å²) in [6.07, 6.45) is -2.65. The molecule has 0 bridgehead atoms. The summed E-state index contributed by atoms with van der Waals surface area (Å²) in [5.74, 6) is 0.183. The Morgan fingerprint density at radius 3 is 2.57 bits per heavy atom. The quantitative estimate of drug-likeness (QED) is 0.516. The van der Waals surface area contributed by atoms with Crippen LogP contribution in [0.15, 0.2) is 59.2 Å². The highest BCUT2D eigenvalue weighted by Crippen LogP contribution is 2.29. The Kier molecular flexibility index (Phi) is 5.59. The summed E-state index contributed by atoms with van der Waals surface area (Å²) in [6, 6.07) is 11.6. The van der Waals surface area contributed by atoms with Crippen LogP contribution in [-0.2, 0) is 23.8 Å². The van der Waals surface area contributed by atoms with E-state index in [1.54, 1.807) is 24.3 Å². The molecule has 3 aromatic rings. The molecular weight excluding hydrogens is 369 g/mol. The summed E-state index contributed by atoms with van der Waals surface area (Å²) in [7, 11) is 0. The summed E-state index contributed by atoms with van der Waals surface area (Å²) >= 11 is 0. The number of oxazole rings is 1. The van der Waals surface area contributed by atoms with Crippen molar-refractivity contribution in [2.45, 2.75) is 25.4 Å². The molecule has 0 fully saturated rings. The van der Waals surface area contributed by atoms with Crippen molar-refractivity contribution in [2.75, 3.05) is 0 Å². The van der Waals surface area contributed by atoms with Crippen molar-refractivity contribution in [3.63, 3.8) is 0 Å². The number of ketones is 1. The highest BCUT2D eigenvalue weighted by Gasteiger charge is 2.30. The number of carbonyl (C=O) groups is 1. The maximum absolute atomic E-state index is 12.7. The molecule has 0 aliphatic rings. The zero-order valence-electron chi connectivity index (χ0n) is 14.7. The third kappa shape index (κ3) is 4.86. The average Bonchev–Trinajstić information content (AvgIpc) is 3.15. The minimum atomic E-state index is -4.43. The molecule has 7 heteroatoms. The van der Waals surface area contributed by atoms with Crippen LogP contribution in [0.3, 0.4) is 0 Å². The van der Waals surface area contributed by atoms with Gasteiger partial charge in [0.1, 0.15) is 17.7 Å². The van der Waals surface area contributed by atoms with E-state index in [9.17, 15) is 18.0 Å². The van der Waals surface area contributed by atoms with E-state index in [2.05, 4.69) is 9.83 Å². The molecule has 2 aromatic carbocycles. The van der Waals surface area contributed by atoms with Crippen molar-refractivity contribution in [1.82, 2.24) is 4.98 Å². The Morgan fingerprint density at radius 1 is 1.14 bits per heavy atom. The zero-order chi connectivity index (χ0) is 20.1. The molecule has 0 aliphatic carbocycles. The zero-order valence-corrected chi connectivity index (χ0v) is 14.7. The minimum Gasteiger partial charge on any atom is -0.448 e. The molecule has 0 radical (unpaired) electrons. The van der Waals surface area contributed by atoms with Gasteiger partial charge in [0, 0.05) is 24.8 Å². The summed E-state index contributed by atoms with van der Waals surface area (Å²) < 4.78 is 43.6. The fraction of sp³-hybridized carbons (Fsp3) is 0.190. The SMILES string of the molecule is [C-]#[N+]c1ccc(-c2coc(CCC(=O)Cc3cccc(C(F)(F)F)c3)n2)cc1. The second-order valence-electron chi connectivity index (χ2n) is 6.20. The first-order valence-electron chi connectivity index (χ1n) is 8.45.